The molecule has 0 spiro atoms. The Kier molecular flexibility index (Phi) is 7.52. The van der Waals surface area contributed by atoms with Crippen LogP contribution in [-0.4, -0.2) is 48.8 Å². The van der Waals surface area contributed by atoms with Crippen molar-refractivity contribution >= 4 is 51.1 Å². The van der Waals surface area contributed by atoms with Crippen LogP contribution < -0.4 is 10.2 Å². The van der Waals surface area contributed by atoms with Crippen LogP contribution in [0.3, 0.4) is 0 Å². The zero-order valence-electron chi connectivity index (χ0n) is 22.5. The normalized spacial score (nSPS) is 14.8. The zero-order valence-corrected chi connectivity index (χ0v) is 23.3. The predicted octanol–water partition coefficient (Wildman–Crippen LogP) is 6.94. The lowest BCUT2D eigenvalue weighted by molar-refractivity contribution is -0.289. The third-order valence-electron chi connectivity index (χ3n) is 6.64. The minimum Gasteiger partial charge on any atom is -0.303 e. The second-order valence-electron chi connectivity index (χ2n) is 9.52. The standard InChI is InChI=1S/C29H17F6N7O2S/c30-20-13-16(25-37-15-41(40-25)18-9-7-17(8-10-18)28(31,32)29(33,34)35)6-11-22(20)38-26(44)39-27-42(24(43)14-45-27)23-5-1-4-21-19(23)3-2-12-36-21/h1-13,15H,14H2,(H,38,44)/b39-27-. The van der Waals surface area contributed by atoms with E-state index in [9.17, 15) is 31.5 Å². The van der Waals surface area contributed by atoms with E-state index >= 15 is 4.39 Å². The largest absolute Gasteiger partial charge is 0.458 e. The maximum atomic E-state index is 15.0. The number of amides is 3. The number of hydrogen-bond donors (Lipinski definition) is 1. The van der Waals surface area contributed by atoms with Gasteiger partial charge in [-0.25, -0.2) is 18.9 Å². The highest BCUT2D eigenvalue weighted by Gasteiger charge is 2.58. The molecule has 0 saturated carbocycles. The van der Waals surface area contributed by atoms with Crippen LogP contribution in [0, 0.1) is 5.82 Å². The maximum absolute atomic E-state index is 15.0. The number of anilines is 2. The number of benzene rings is 3. The van der Waals surface area contributed by atoms with Crippen LogP contribution in [0.4, 0.5) is 42.5 Å². The molecule has 3 aromatic carbocycles. The van der Waals surface area contributed by atoms with E-state index in [1.54, 1.807) is 36.5 Å². The minimum absolute atomic E-state index is 0.0119. The first-order valence-electron chi connectivity index (χ1n) is 12.9. The van der Waals surface area contributed by atoms with Crippen molar-refractivity contribution in [1.29, 1.82) is 0 Å². The van der Waals surface area contributed by atoms with Crippen molar-refractivity contribution in [3.63, 3.8) is 0 Å². The van der Waals surface area contributed by atoms with Crippen molar-refractivity contribution in [3.05, 3.63) is 96.7 Å². The van der Waals surface area contributed by atoms with Gasteiger partial charge in [-0.2, -0.15) is 26.9 Å². The molecule has 0 unspecified atom stereocenters. The Hall–Kier alpha value is -5.25. The zero-order chi connectivity index (χ0) is 31.9. The molecule has 1 N–H and O–H groups in total. The van der Waals surface area contributed by atoms with Crippen molar-refractivity contribution < 1.29 is 35.9 Å². The molecule has 228 valence electrons. The summed E-state index contributed by atoms with van der Waals surface area (Å²) in [7, 11) is 0. The molecule has 1 saturated heterocycles. The smallest absolute Gasteiger partial charge is 0.303 e. The molecule has 2 aromatic heterocycles. The molecule has 45 heavy (non-hydrogen) atoms. The highest BCUT2D eigenvalue weighted by Crippen LogP contribution is 2.44. The lowest BCUT2D eigenvalue weighted by Gasteiger charge is -2.19. The van der Waals surface area contributed by atoms with Crippen LogP contribution in [0.5, 0.6) is 0 Å². The molecular formula is C29H17F6N7O2S. The van der Waals surface area contributed by atoms with Crippen LogP contribution in [0.25, 0.3) is 28.0 Å². The summed E-state index contributed by atoms with van der Waals surface area (Å²) in [6.45, 7) is 0. The Labute approximate surface area is 253 Å². The molecule has 3 heterocycles. The second-order valence-corrected chi connectivity index (χ2v) is 10.5. The van der Waals surface area contributed by atoms with Gasteiger partial charge in [0.05, 0.1) is 28.3 Å². The monoisotopic (exact) mass is 641 g/mol. The van der Waals surface area contributed by atoms with E-state index in [0.717, 1.165) is 34.6 Å². The third kappa shape index (κ3) is 5.71. The van der Waals surface area contributed by atoms with Gasteiger partial charge in [-0.15, -0.1) is 5.10 Å². The van der Waals surface area contributed by atoms with Gasteiger partial charge in [-0.3, -0.25) is 14.7 Å². The highest BCUT2D eigenvalue weighted by molar-refractivity contribution is 8.15. The fourth-order valence-electron chi connectivity index (χ4n) is 4.46. The van der Waals surface area contributed by atoms with Crippen molar-refractivity contribution in [1.82, 2.24) is 19.7 Å². The number of aliphatic imine (C=N–C) groups is 1. The van der Waals surface area contributed by atoms with E-state index in [2.05, 4.69) is 25.4 Å². The molecule has 6 rings (SSSR count). The highest BCUT2D eigenvalue weighted by atomic mass is 32.2. The summed E-state index contributed by atoms with van der Waals surface area (Å²) in [6, 6.07) is 14.8. The number of halogens is 6. The van der Waals surface area contributed by atoms with E-state index in [4.69, 9.17) is 0 Å². The van der Waals surface area contributed by atoms with E-state index in [0.29, 0.717) is 28.7 Å². The number of thioether (sulfide) groups is 1. The number of hydrogen-bond acceptors (Lipinski definition) is 6. The van der Waals surface area contributed by atoms with E-state index < -0.39 is 29.5 Å². The molecule has 0 radical (unpaired) electrons. The number of pyridine rings is 1. The summed E-state index contributed by atoms with van der Waals surface area (Å²) in [6.07, 6.45) is -2.96. The summed E-state index contributed by atoms with van der Waals surface area (Å²) < 4.78 is 81.2. The molecule has 1 aliphatic heterocycles. The minimum atomic E-state index is -5.75. The average molecular weight is 642 g/mol. The molecule has 5 aromatic rings. The number of urea groups is 1. The lowest BCUT2D eigenvalue weighted by Crippen LogP contribution is -2.33. The fourth-order valence-corrected chi connectivity index (χ4v) is 5.31. The van der Waals surface area contributed by atoms with Crippen LogP contribution in [0.1, 0.15) is 5.56 Å². The molecule has 0 aliphatic carbocycles. The molecule has 0 bridgehead atoms. The Morgan fingerprint density at radius 2 is 1.73 bits per heavy atom. The number of nitrogens with one attached hydrogen (secondary N) is 1. The quantitative estimate of drug-likeness (QED) is 0.209. The Morgan fingerprint density at radius 3 is 2.47 bits per heavy atom. The number of alkyl halides is 5. The first-order valence-corrected chi connectivity index (χ1v) is 13.9. The number of carbonyl (C=O) groups excluding carboxylic acids is 2. The van der Waals surface area contributed by atoms with Gasteiger partial charge < -0.3 is 5.32 Å². The number of nitrogens with zero attached hydrogens (tertiary/aromatic N) is 6. The van der Waals surface area contributed by atoms with E-state index in [1.165, 1.54) is 23.4 Å². The van der Waals surface area contributed by atoms with Crippen molar-refractivity contribution in [2.75, 3.05) is 16.0 Å². The molecular weight excluding hydrogens is 624 g/mol. The van der Waals surface area contributed by atoms with Gasteiger partial charge in [0, 0.05) is 22.7 Å². The summed E-state index contributed by atoms with van der Waals surface area (Å²) in [5, 5.41) is 7.27. The predicted molar refractivity (Wildman–Crippen MR) is 155 cm³/mol. The summed E-state index contributed by atoms with van der Waals surface area (Å²) in [4.78, 5) is 39.1. The SMILES string of the molecule is O=C(/N=C1\SCC(=O)N1c1cccc2ncccc12)Nc1ccc(-c2ncn(-c3ccc(C(F)(F)C(F)(F)F)cc3)n2)cc1F. The Bertz CT molecular complexity index is 1970. The summed E-state index contributed by atoms with van der Waals surface area (Å²) >= 11 is 1.05. The Balaban J connectivity index is 1.18. The van der Waals surface area contributed by atoms with Gasteiger partial charge in [-0.05, 0) is 54.6 Å². The average Bonchev–Trinajstić information content (AvgIpc) is 3.64. The number of amidine groups is 1. The van der Waals surface area contributed by atoms with Crippen LogP contribution >= 0.6 is 11.8 Å². The number of rotatable bonds is 5. The van der Waals surface area contributed by atoms with Gasteiger partial charge in [0.15, 0.2) is 11.0 Å². The fraction of sp³-hybridized carbons (Fsp3) is 0.103. The topological polar surface area (TPSA) is 105 Å². The molecule has 0 atom stereocenters. The first kappa shape index (κ1) is 29.8. The molecule has 16 heteroatoms. The first-order chi connectivity index (χ1) is 21.4. The summed E-state index contributed by atoms with van der Waals surface area (Å²) in [5.74, 6) is -6.11. The van der Waals surface area contributed by atoms with E-state index in [-0.39, 0.29) is 39.6 Å². The van der Waals surface area contributed by atoms with Crippen molar-refractivity contribution in [2.45, 2.75) is 12.1 Å². The van der Waals surface area contributed by atoms with Gasteiger partial charge in [0.2, 0.25) is 5.91 Å². The van der Waals surface area contributed by atoms with Crippen molar-refractivity contribution in [3.8, 4) is 17.1 Å². The molecule has 9 nitrogen and oxygen atoms in total. The lowest BCUT2D eigenvalue weighted by atomic mass is 10.1. The number of aromatic nitrogens is 4. The maximum Gasteiger partial charge on any atom is 0.458 e. The second kappa shape index (κ2) is 11.4. The number of carbonyl (C=O) groups is 2. The van der Waals surface area contributed by atoms with Gasteiger partial charge >= 0.3 is 18.1 Å². The van der Waals surface area contributed by atoms with Crippen molar-refractivity contribution in [2.24, 2.45) is 4.99 Å². The third-order valence-corrected chi connectivity index (χ3v) is 7.56. The van der Waals surface area contributed by atoms with Crippen LogP contribution in [-0.2, 0) is 10.7 Å². The van der Waals surface area contributed by atoms with Gasteiger partial charge in [0.25, 0.3) is 0 Å². The van der Waals surface area contributed by atoms with Crippen LogP contribution in [0.15, 0.2) is 90.3 Å². The molecule has 3 amide bonds. The van der Waals surface area contributed by atoms with E-state index in [1.807, 2.05) is 0 Å². The van der Waals surface area contributed by atoms with Gasteiger partial charge in [0.1, 0.15) is 12.1 Å². The summed E-state index contributed by atoms with van der Waals surface area (Å²) in [5.41, 5.74) is 0.0114. The molecule has 1 fully saturated rings. The number of fused-ring (bicyclic) bond motifs is 1. The molecule has 1 aliphatic rings. The Morgan fingerprint density at radius 1 is 0.956 bits per heavy atom. The van der Waals surface area contributed by atoms with Gasteiger partial charge in [-0.1, -0.05) is 30.0 Å². The van der Waals surface area contributed by atoms with Crippen LogP contribution in [0.2, 0.25) is 0 Å².